The Morgan fingerprint density at radius 2 is 1.37 bits per heavy atom. The summed E-state index contributed by atoms with van der Waals surface area (Å²) in [5.41, 5.74) is -4.31. The van der Waals surface area contributed by atoms with E-state index >= 15 is 0 Å². The Balaban J connectivity index is 3.59. The molecule has 3 N–H and O–H groups in total. The van der Waals surface area contributed by atoms with E-state index < -0.39 is 32.2 Å². The van der Waals surface area contributed by atoms with E-state index in [0.29, 0.717) is 6.42 Å². The van der Waals surface area contributed by atoms with Crippen LogP contribution in [0.2, 0.25) is 0 Å². The maximum absolute atomic E-state index is 13.2. The Morgan fingerprint density at radius 1 is 0.900 bits per heavy atom. The summed E-state index contributed by atoms with van der Waals surface area (Å²) in [4.78, 5) is 28.8. The largest absolute Gasteiger partial charge is 0.394 e. The number of halogens is 2. The van der Waals surface area contributed by atoms with Crippen molar-refractivity contribution in [3.05, 3.63) is 12.2 Å². The molecule has 0 aliphatic rings. The molecule has 8 heteroatoms. The van der Waals surface area contributed by atoms with Crippen LogP contribution in [0.4, 0.5) is 8.78 Å². The molecule has 0 aromatic heterocycles. The number of hydrogen-bond acceptors (Lipinski definition) is 3. The van der Waals surface area contributed by atoms with Gasteiger partial charge >= 0.3 is 13.3 Å². The molecule has 178 valence electrons. The van der Waals surface area contributed by atoms with Gasteiger partial charge in [0.1, 0.15) is 5.78 Å². The molecule has 0 heterocycles. The Kier molecular flexibility index (Phi) is 16.6. The zero-order valence-electron chi connectivity index (χ0n) is 18.4. The van der Waals surface area contributed by atoms with Crippen molar-refractivity contribution in [2.24, 2.45) is 0 Å². The number of carbonyl (C=O) groups excluding carboxylic acids is 1. The highest BCUT2D eigenvalue weighted by atomic mass is 31.2. The summed E-state index contributed by atoms with van der Waals surface area (Å²) in [6.45, 7) is 2.22. The first-order valence-corrected chi connectivity index (χ1v) is 13.0. The minimum Gasteiger partial charge on any atom is -0.392 e. The third kappa shape index (κ3) is 16.1. The maximum atomic E-state index is 13.2. The van der Waals surface area contributed by atoms with Crippen molar-refractivity contribution in [2.45, 2.75) is 121 Å². The number of aliphatic hydroxyl groups is 1. The van der Waals surface area contributed by atoms with E-state index in [9.17, 15) is 23.2 Å². The van der Waals surface area contributed by atoms with Gasteiger partial charge in [-0.25, -0.2) is 0 Å². The number of unbranched alkanes of at least 4 members (excludes halogenated alkanes) is 11. The summed E-state index contributed by atoms with van der Waals surface area (Å²) in [5.74, 6) is -0.360. The number of aliphatic hydroxyl groups excluding tert-OH is 1. The van der Waals surface area contributed by atoms with Crippen molar-refractivity contribution in [3.63, 3.8) is 0 Å². The average molecular weight is 455 g/mol. The number of alkyl halides is 2. The van der Waals surface area contributed by atoms with Gasteiger partial charge in [0.2, 0.25) is 0 Å². The SMILES string of the molecule is CCCCCCCCC=CCCCCCCCC(=O)C[C@@H](O)CC(F)(F)P(=O)(O)O. The highest BCUT2D eigenvalue weighted by Gasteiger charge is 2.49. The van der Waals surface area contributed by atoms with E-state index in [1.54, 1.807) is 0 Å². The van der Waals surface area contributed by atoms with E-state index in [2.05, 4.69) is 19.1 Å². The molecule has 0 aliphatic carbocycles. The third-order valence-electron chi connectivity index (χ3n) is 5.09. The molecule has 0 amide bonds. The predicted octanol–water partition coefficient (Wildman–Crippen LogP) is 6.50. The van der Waals surface area contributed by atoms with Crippen molar-refractivity contribution in [2.75, 3.05) is 0 Å². The van der Waals surface area contributed by atoms with E-state index in [4.69, 9.17) is 9.79 Å². The normalized spacial score (nSPS) is 13.8. The van der Waals surface area contributed by atoms with Crippen molar-refractivity contribution in [3.8, 4) is 0 Å². The van der Waals surface area contributed by atoms with Gasteiger partial charge in [0.25, 0.3) is 0 Å². The third-order valence-corrected chi connectivity index (χ3v) is 6.12. The molecule has 0 rings (SSSR count). The minimum atomic E-state index is -5.63. The lowest BCUT2D eigenvalue weighted by atomic mass is 10.0. The number of allylic oxidation sites excluding steroid dienone is 2. The molecular formula is C22H41F2O5P. The Morgan fingerprint density at radius 3 is 1.87 bits per heavy atom. The second-order valence-electron chi connectivity index (χ2n) is 8.14. The highest BCUT2D eigenvalue weighted by Crippen LogP contribution is 2.55. The number of Topliss-reactive ketones (excluding diaryl/α,β-unsaturated/α-hetero) is 1. The van der Waals surface area contributed by atoms with Gasteiger partial charge in [0.05, 0.1) is 12.5 Å². The van der Waals surface area contributed by atoms with Crippen molar-refractivity contribution >= 4 is 13.4 Å². The van der Waals surface area contributed by atoms with Gasteiger partial charge in [0, 0.05) is 12.8 Å². The summed E-state index contributed by atoms with van der Waals surface area (Å²) in [5, 5.41) is 9.49. The van der Waals surface area contributed by atoms with Crippen molar-refractivity contribution in [1.29, 1.82) is 0 Å². The van der Waals surface area contributed by atoms with E-state index in [-0.39, 0.29) is 12.2 Å². The number of hydrogen-bond donors (Lipinski definition) is 3. The van der Waals surface area contributed by atoms with Gasteiger partial charge in [-0.15, -0.1) is 0 Å². The summed E-state index contributed by atoms with van der Waals surface area (Å²) in [6, 6.07) is 0. The lowest BCUT2D eigenvalue weighted by molar-refractivity contribution is -0.121. The zero-order valence-corrected chi connectivity index (χ0v) is 19.3. The van der Waals surface area contributed by atoms with Crippen LogP contribution in [0.3, 0.4) is 0 Å². The Bertz CT molecular complexity index is 520. The van der Waals surface area contributed by atoms with Crippen LogP contribution in [-0.2, 0) is 9.36 Å². The molecular weight excluding hydrogens is 413 g/mol. The summed E-state index contributed by atoms with van der Waals surface area (Å²) < 4.78 is 37.0. The summed E-state index contributed by atoms with van der Waals surface area (Å²) in [6.07, 6.45) is 15.8. The maximum Gasteiger partial charge on any atom is 0.394 e. The fraction of sp³-hybridized carbons (Fsp3) is 0.864. The fourth-order valence-corrected chi connectivity index (χ4v) is 3.68. The van der Waals surface area contributed by atoms with Crippen molar-refractivity contribution < 1.29 is 33.0 Å². The molecule has 0 spiro atoms. The molecule has 0 fully saturated rings. The highest BCUT2D eigenvalue weighted by molar-refractivity contribution is 7.53. The van der Waals surface area contributed by atoms with Crippen LogP contribution < -0.4 is 0 Å². The second kappa shape index (κ2) is 17.0. The van der Waals surface area contributed by atoms with Crippen LogP contribution in [0.5, 0.6) is 0 Å². The van der Waals surface area contributed by atoms with Crippen LogP contribution in [0.25, 0.3) is 0 Å². The van der Waals surface area contributed by atoms with Crippen LogP contribution in [0, 0.1) is 0 Å². The first-order valence-electron chi connectivity index (χ1n) is 11.4. The van der Waals surface area contributed by atoms with Gasteiger partial charge in [0.15, 0.2) is 0 Å². The number of carbonyl (C=O) groups is 1. The monoisotopic (exact) mass is 454 g/mol. The molecule has 5 nitrogen and oxygen atoms in total. The smallest absolute Gasteiger partial charge is 0.392 e. The lowest BCUT2D eigenvalue weighted by Gasteiger charge is -2.20. The molecule has 0 saturated carbocycles. The number of rotatable bonds is 20. The Labute approximate surface area is 180 Å². The minimum absolute atomic E-state index is 0.191. The lowest BCUT2D eigenvalue weighted by Crippen LogP contribution is -2.26. The first-order chi connectivity index (χ1) is 14.1. The molecule has 0 unspecified atom stereocenters. The van der Waals surface area contributed by atoms with Gasteiger partial charge in [-0.3, -0.25) is 9.36 Å². The number of ketones is 1. The molecule has 30 heavy (non-hydrogen) atoms. The molecule has 0 bridgehead atoms. The van der Waals surface area contributed by atoms with Crippen LogP contribution >= 0.6 is 7.60 Å². The average Bonchev–Trinajstić information content (AvgIpc) is 2.63. The standard InChI is InChI=1S/C22H41F2O5P/c1-2-3-4-5-6-7-8-9-10-11-12-13-14-15-16-17-20(25)18-21(26)19-22(23,24)30(27,28)29/h9-10,21,26H,2-8,11-19H2,1H3,(H2,27,28,29)/t21-/m1/s1. The molecule has 0 radical (unpaired) electrons. The van der Waals surface area contributed by atoms with Crippen molar-refractivity contribution in [1.82, 2.24) is 0 Å². The molecule has 0 aliphatic heterocycles. The predicted molar refractivity (Wildman–Crippen MR) is 117 cm³/mol. The van der Waals surface area contributed by atoms with Crippen LogP contribution in [-0.4, -0.2) is 32.4 Å². The molecule has 0 aromatic carbocycles. The second-order valence-corrected chi connectivity index (χ2v) is 9.89. The van der Waals surface area contributed by atoms with E-state index in [1.807, 2.05) is 0 Å². The summed E-state index contributed by atoms with van der Waals surface area (Å²) >= 11 is 0. The summed E-state index contributed by atoms with van der Waals surface area (Å²) in [7, 11) is -5.63. The molecule has 1 atom stereocenters. The quantitative estimate of drug-likeness (QED) is 0.111. The van der Waals surface area contributed by atoms with Crippen LogP contribution in [0.15, 0.2) is 12.2 Å². The van der Waals surface area contributed by atoms with Gasteiger partial charge < -0.3 is 14.9 Å². The van der Waals surface area contributed by atoms with Gasteiger partial charge in [-0.2, -0.15) is 8.78 Å². The van der Waals surface area contributed by atoms with Crippen LogP contribution in [0.1, 0.15) is 110 Å². The van der Waals surface area contributed by atoms with E-state index in [0.717, 1.165) is 38.5 Å². The zero-order chi connectivity index (χ0) is 22.9. The first kappa shape index (κ1) is 29.4. The van der Waals surface area contributed by atoms with E-state index in [1.165, 1.54) is 38.5 Å². The van der Waals surface area contributed by atoms with Gasteiger partial charge in [-0.1, -0.05) is 70.4 Å². The molecule has 0 aromatic rings. The Hall–Kier alpha value is -0.620. The fourth-order valence-electron chi connectivity index (χ4n) is 3.23. The van der Waals surface area contributed by atoms with Gasteiger partial charge in [-0.05, 0) is 32.1 Å². The molecule has 0 saturated heterocycles. The topological polar surface area (TPSA) is 94.8 Å².